The molecule has 5 nitrogen and oxygen atoms in total. The highest BCUT2D eigenvalue weighted by Crippen LogP contribution is 2.31. The van der Waals surface area contributed by atoms with Crippen molar-refractivity contribution >= 4 is 11.8 Å². The summed E-state index contributed by atoms with van der Waals surface area (Å²) in [4.78, 5) is 25.3. The molecule has 1 fully saturated rings. The van der Waals surface area contributed by atoms with Gasteiger partial charge in [0.1, 0.15) is 11.9 Å². The van der Waals surface area contributed by atoms with Crippen LogP contribution in [0.25, 0.3) is 0 Å². The summed E-state index contributed by atoms with van der Waals surface area (Å²) in [6.45, 7) is 1.33. The zero-order valence-electron chi connectivity index (χ0n) is 16.9. The predicted molar refractivity (Wildman–Crippen MR) is 112 cm³/mol. The van der Waals surface area contributed by atoms with Crippen molar-refractivity contribution in [3.8, 4) is 0 Å². The Morgan fingerprint density at radius 2 is 1.53 bits per heavy atom. The van der Waals surface area contributed by atoms with Gasteiger partial charge in [-0.1, -0.05) is 60.7 Å². The maximum atomic E-state index is 12.9. The molecule has 1 saturated heterocycles. The van der Waals surface area contributed by atoms with Gasteiger partial charge in [-0.15, -0.1) is 0 Å². The Morgan fingerprint density at radius 3 is 2.13 bits per heavy atom. The monoisotopic (exact) mass is 406 g/mol. The highest BCUT2D eigenvalue weighted by molar-refractivity contribution is 6.01. The van der Waals surface area contributed by atoms with Crippen LogP contribution in [0.3, 0.4) is 0 Å². The molecule has 0 amide bonds. The molecule has 5 heteroatoms. The van der Waals surface area contributed by atoms with Gasteiger partial charge in [0, 0.05) is 31.3 Å². The molecule has 0 radical (unpaired) electrons. The molecule has 0 atom stereocenters. The van der Waals surface area contributed by atoms with E-state index in [-0.39, 0.29) is 18.3 Å². The highest BCUT2D eigenvalue weighted by atomic mass is 16.5. The van der Waals surface area contributed by atoms with Gasteiger partial charge in [0.25, 0.3) is 0 Å². The van der Waals surface area contributed by atoms with Gasteiger partial charge in [0.15, 0.2) is 11.9 Å². The molecule has 0 spiro atoms. The molecule has 0 saturated carbocycles. The number of carbonyl (C=O) groups excluding carboxylic acids is 2. The molecule has 0 N–H and O–H groups in total. The largest absolute Gasteiger partial charge is 0.494 e. The topological polar surface area (TPSA) is 61.8 Å². The van der Waals surface area contributed by atoms with Gasteiger partial charge < -0.3 is 14.2 Å². The lowest BCUT2D eigenvalue weighted by Crippen LogP contribution is -2.23. The molecule has 2 aromatic carbocycles. The fourth-order valence-corrected chi connectivity index (χ4v) is 3.91. The number of ether oxygens (including phenoxy) is 3. The number of benzene rings is 2. The van der Waals surface area contributed by atoms with Gasteiger partial charge in [-0.25, -0.2) is 0 Å². The Labute approximate surface area is 176 Å². The third-order valence-corrected chi connectivity index (χ3v) is 5.50. The normalized spacial score (nSPS) is 17.4. The average Bonchev–Trinajstić information content (AvgIpc) is 3.13. The van der Waals surface area contributed by atoms with E-state index in [1.54, 1.807) is 0 Å². The number of hydrogen-bond acceptors (Lipinski definition) is 5. The van der Waals surface area contributed by atoms with Crippen LogP contribution in [-0.2, 0) is 23.8 Å². The summed E-state index contributed by atoms with van der Waals surface area (Å²) in [7, 11) is 0. The number of allylic oxidation sites excluding steroid dienone is 1. The van der Waals surface area contributed by atoms with Crippen LogP contribution < -0.4 is 0 Å². The maximum Gasteiger partial charge on any atom is 0.311 e. The molecule has 1 heterocycles. The lowest BCUT2D eigenvalue weighted by Gasteiger charge is -2.24. The van der Waals surface area contributed by atoms with E-state index in [0.29, 0.717) is 37.4 Å². The van der Waals surface area contributed by atoms with Gasteiger partial charge in [-0.2, -0.15) is 0 Å². The summed E-state index contributed by atoms with van der Waals surface area (Å²) in [6, 6.07) is 19.3. The quantitative estimate of drug-likeness (QED) is 0.633. The van der Waals surface area contributed by atoms with E-state index in [0.717, 1.165) is 24.0 Å². The molecule has 0 aromatic heterocycles. The second-order valence-electron chi connectivity index (χ2n) is 7.62. The Balaban J connectivity index is 1.49. The van der Waals surface area contributed by atoms with E-state index in [4.69, 9.17) is 14.2 Å². The summed E-state index contributed by atoms with van der Waals surface area (Å²) in [6.07, 6.45) is 2.03. The standard InChI is InChI=1S/C25H26O5/c26-22-11-12-23(29-20-13-15-28-16-14-20)21(22)17-24(27)30-25(18-7-3-1-4-8-18)19-9-5-2-6-10-19/h1-10,20,25H,11-17H2. The number of rotatable bonds is 7. The van der Waals surface area contributed by atoms with Crippen LogP contribution in [0.2, 0.25) is 0 Å². The Morgan fingerprint density at radius 1 is 0.933 bits per heavy atom. The first kappa shape index (κ1) is 20.4. The van der Waals surface area contributed by atoms with Crippen LogP contribution in [0.4, 0.5) is 0 Å². The van der Waals surface area contributed by atoms with Crippen LogP contribution in [0, 0.1) is 0 Å². The lowest BCUT2D eigenvalue weighted by atomic mass is 10.0. The third-order valence-electron chi connectivity index (χ3n) is 5.50. The van der Waals surface area contributed by atoms with E-state index in [1.165, 1.54) is 0 Å². The molecular formula is C25H26O5. The summed E-state index contributed by atoms with van der Waals surface area (Å²) in [5, 5.41) is 0. The van der Waals surface area contributed by atoms with Crippen molar-refractivity contribution in [1.82, 2.24) is 0 Å². The predicted octanol–water partition coefficient (Wildman–Crippen LogP) is 4.52. The molecule has 30 heavy (non-hydrogen) atoms. The third kappa shape index (κ3) is 4.97. The number of Topliss-reactive ketones (excluding diaryl/α,β-unsaturated/α-hetero) is 1. The summed E-state index contributed by atoms with van der Waals surface area (Å²) >= 11 is 0. The van der Waals surface area contributed by atoms with Crippen LogP contribution in [0.15, 0.2) is 72.0 Å². The number of hydrogen-bond donors (Lipinski definition) is 0. The highest BCUT2D eigenvalue weighted by Gasteiger charge is 2.30. The molecule has 1 aliphatic carbocycles. The summed E-state index contributed by atoms with van der Waals surface area (Å²) in [5.41, 5.74) is 2.25. The second-order valence-corrected chi connectivity index (χ2v) is 7.62. The minimum atomic E-state index is -0.517. The van der Waals surface area contributed by atoms with E-state index >= 15 is 0 Å². The van der Waals surface area contributed by atoms with Gasteiger partial charge in [-0.3, -0.25) is 9.59 Å². The molecule has 156 valence electrons. The van der Waals surface area contributed by atoms with Crippen molar-refractivity contribution in [1.29, 1.82) is 0 Å². The van der Waals surface area contributed by atoms with Crippen molar-refractivity contribution in [2.24, 2.45) is 0 Å². The first-order valence-electron chi connectivity index (χ1n) is 10.5. The maximum absolute atomic E-state index is 12.9. The Bertz CT molecular complexity index is 858. The van der Waals surface area contributed by atoms with Crippen LogP contribution >= 0.6 is 0 Å². The molecule has 1 aliphatic heterocycles. The van der Waals surface area contributed by atoms with E-state index in [2.05, 4.69) is 0 Å². The van der Waals surface area contributed by atoms with Gasteiger partial charge in [0.05, 0.1) is 19.6 Å². The fraction of sp³-hybridized carbons (Fsp3) is 0.360. The smallest absolute Gasteiger partial charge is 0.311 e. The Hall–Kier alpha value is -2.92. The van der Waals surface area contributed by atoms with E-state index in [9.17, 15) is 9.59 Å². The minimum Gasteiger partial charge on any atom is -0.494 e. The van der Waals surface area contributed by atoms with Crippen molar-refractivity contribution in [3.05, 3.63) is 83.1 Å². The number of esters is 1. The average molecular weight is 406 g/mol. The minimum absolute atomic E-state index is 0.0232. The van der Waals surface area contributed by atoms with Crippen molar-refractivity contribution in [2.45, 2.75) is 44.3 Å². The zero-order chi connectivity index (χ0) is 20.8. The number of carbonyl (C=O) groups is 2. The number of ketones is 1. The zero-order valence-corrected chi connectivity index (χ0v) is 16.9. The summed E-state index contributed by atoms with van der Waals surface area (Å²) < 4.78 is 17.3. The molecule has 2 aliphatic rings. The van der Waals surface area contributed by atoms with E-state index < -0.39 is 12.1 Å². The first-order chi connectivity index (χ1) is 14.7. The lowest BCUT2D eigenvalue weighted by molar-refractivity contribution is -0.147. The first-order valence-corrected chi connectivity index (χ1v) is 10.5. The van der Waals surface area contributed by atoms with Gasteiger partial charge >= 0.3 is 5.97 Å². The molecular weight excluding hydrogens is 380 g/mol. The molecule has 0 bridgehead atoms. The Kier molecular flexibility index (Phi) is 6.60. The fourth-order valence-electron chi connectivity index (χ4n) is 3.91. The SMILES string of the molecule is O=C(CC1=C(OC2CCOCC2)CCC1=O)OC(c1ccccc1)c1ccccc1. The van der Waals surface area contributed by atoms with Crippen LogP contribution in [0.1, 0.15) is 49.3 Å². The van der Waals surface area contributed by atoms with Crippen molar-refractivity contribution < 1.29 is 23.8 Å². The van der Waals surface area contributed by atoms with Crippen LogP contribution in [-0.4, -0.2) is 31.1 Å². The van der Waals surface area contributed by atoms with Gasteiger partial charge in [0.2, 0.25) is 0 Å². The summed E-state index contributed by atoms with van der Waals surface area (Å²) in [5.74, 6) is 0.204. The molecule has 4 rings (SSSR count). The second kappa shape index (κ2) is 9.72. The van der Waals surface area contributed by atoms with Gasteiger partial charge in [-0.05, 0) is 11.1 Å². The van der Waals surface area contributed by atoms with Crippen LogP contribution in [0.5, 0.6) is 0 Å². The van der Waals surface area contributed by atoms with Crippen molar-refractivity contribution in [2.75, 3.05) is 13.2 Å². The van der Waals surface area contributed by atoms with Crippen molar-refractivity contribution in [3.63, 3.8) is 0 Å². The molecule has 0 unspecified atom stereocenters. The van der Waals surface area contributed by atoms with E-state index in [1.807, 2.05) is 60.7 Å². The molecule has 2 aromatic rings.